The number of nitrogens with one attached hydrogen (secondary N) is 1. The molecule has 102 valence electrons. The summed E-state index contributed by atoms with van der Waals surface area (Å²) in [4.78, 5) is 12.1. The van der Waals surface area contributed by atoms with Crippen LogP contribution in [0.4, 0.5) is 0 Å². The molecule has 3 nitrogen and oxygen atoms in total. The molecule has 2 unspecified atom stereocenters. The monoisotopic (exact) mass is 258 g/mol. The molecule has 1 aromatic rings. The number of amides is 1. The first-order valence-corrected chi connectivity index (χ1v) is 7.37. The van der Waals surface area contributed by atoms with Crippen LogP contribution in [0.2, 0.25) is 0 Å². The van der Waals surface area contributed by atoms with E-state index in [-0.39, 0.29) is 18.0 Å². The average Bonchev–Trinajstić information content (AvgIpc) is 2.99. The highest BCUT2D eigenvalue weighted by Crippen LogP contribution is 2.31. The predicted molar refractivity (Wildman–Crippen MR) is 75.6 cm³/mol. The van der Waals surface area contributed by atoms with E-state index in [0.29, 0.717) is 12.3 Å². The standard InChI is InChI=1S/C16H22N2O/c17-14-10-12-7-3-4-8-13(12)16(14)18-15(19)9-11-5-1-2-6-11/h3-4,7-8,11,14,16H,1-2,5-6,9-10,17H2,(H,18,19). The molecule has 0 bridgehead atoms. The molecule has 0 radical (unpaired) electrons. The normalized spacial score (nSPS) is 26.4. The average molecular weight is 258 g/mol. The lowest BCUT2D eigenvalue weighted by Gasteiger charge is -2.20. The van der Waals surface area contributed by atoms with Crippen LogP contribution in [0, 0.1) is 5.92 Å². The molecular formula is C16H22N2O. The minimum absolute atomic E-state index is 0.00473. The predicted octanol–water partition coefficient (Wildman–Crippen LogP) is 2.31. The molecule has 2 atom stereocenters. The Morgan fingerprint density at radius 3 is 2.79 bits per heavy atom. The van der Waals surface area contributed by atoms with Gasteiger partial charge in [0.1, 0.15) is 0 Å². The van der Waals surface area contributed by atoms with Gasteiger partial charge in [0.05, 0.1) is 6.04 Å². The van der Waals surface area contributed by atoms with Gasteiger partial charge in [0.25, 0.3) is 0 Å². The maximum absolute atomic E-state index is 12.1. The minimum atomic E-state index is 0.00473. The molecular weight excluding hydrogens is 236 g/mol. The zero-order chi connectivity index (χ0) is 13.2. The van der Waals surface area contributed by atoms with Crippen molar-refractivity contribution in [3.8, 4) is 0 Å². The first kappa shape index (κ1) is 12.7. The number of carbonyl (C=O) groups excluding carboxylic acids is 1. The van der Waals surface area contributed by atoms with Gasteiger partial charge in [-0.3, -0.25) is 4.79 Å². The van der Waals surface area contributed by atoms with Crippen molar-refractivity contribution < 1.29 is 4.79 Å². The third kappa shape index (κ3) is 2.66. The van der Waals surface area contributed by atoms with Crippen LogP contribution in [0.5, 0.6) is 0 Å². The molecule has 2 aliphatic carbocycles. The van der Waals surface area contributed by atoms with Crippen LogP contribution >= 0.6 is 0 Å². The Kier molecular flexibility index (Phi) is 3.56. The lowest BCUT2D eigenvalue weighted by molar-refractivity contribution is -0.122. The molecule has 0 spiro atoms. The van der Waals surface area contributed by atoms with Gasteiger partial charge in [-0.2, -0.15) is 0 Å². The van der Waals surface area contributed by atoms with E-state index in [1.165, 1.54) is 36.8 Å². The number of hydrogen-bond acceptors (Lipinski definition) is 2. The topological polar surface area (TPSA) is 55.1 Å². The van der Waals surface area contributed by atoms with E-state index in [9.17, 15) is 4.79 Å². The van der Waals surface area contributed by atoms with Crippen molar-refractivity contribution in [3.05, 3.63) is 35.4 Å². The zero-order valence-electron chi connectivity index (χ0n) is 11.3. The van der Waals surface area contributed by atoms with E-state index in [1.54, 1.807) is 0 Å². The van der Waals surface area contributed by atoms with Gasteiger partial charge in [-0.15, -0.1) is 0 Å². The van der Waals surface area contributed by atoms with Crippen LogP contribution in [0.25, 0.3) is 0 Å². The Labute approximate surface area is 114 Å². The molecule has 0 heterocycles. The largest absolute Gasteiger partial charge is 0.348 e. The molecule has 0 aliphatic heterocycles. The summed E-state index contributed by atoms with van der Waals surface area (Å²) < 4.78 is 0. The second-order valence-electron chi connectivity index (χ2n) is 5.97. The van der Waals surface area contributed by atoms with E-state index < -0.39 is 0 Å². The van der Waals surface area contributed by atoms with Crippen molar-refractivity contribution >= 4 is 5.91 Å². The van der Waals surface area contributed by atoms with Crippen LogP contribution in [-0.2, 0) is 11.2 Å². The first-order valence-electron chi connectivity index (χ1n) is 7.37. The summed E-state index contributed by atoms with van der Waals surface area (Å²) in [6.45, 7) is 0. The van der Waals surface area contributed by atoms with Gasteiger partial charge < -0.3 is 11.1 Å². The number of carbonyl (C=O) groups is 1. The maximum atomic E-state index is 12.1. The molecule has 1 saturated carbocycles. The molecule has 3 heteroatoms. The second-order valence-corrected chi connectivity index (χ2v) is 5.97. The van der Waals surface area contributed by atoms with Gasteiger partial charge in [0.2, 0.25) is 5.91 Å². The van der Waals surface area contributed by atoms with Gasteiger partial charge in [-0.05, 0) is 36.3 Å². The smallest absolute Gasteiger partial charge is 0.220 e. The van der Waals surface area contributed by atoms with E-state index in [4.69, 9.17) is 5.73 Å². The fourth-order valence-electron chi connectivity index (χ4n) is 3.52. The lowest BCUT2D eigenvalue weighted by atomic mass is 10.0. The molecule has 3 rings (SSSR count). The Morgan fingerprint density at radius 1 is 1.26 bits per heavy atom. The Morgan fingerprint density at radius 2 is 2.00 bits per heavy atom. The quantitative estimate of drug-likeness (QED) is 0.874. The van der Waals surface area contributed by atoms with Gasteiger partial charge in [-0.1, -0.05) is 37.1 Å². The van der Waals surface area contributed by atoms with Crippen molar-refractivity contribution in [2.45, 2.75) is 50.6 Å². The van der Waals surface area contributed by atoms with Gasteiger partial charge in [0.15, 0.2) is 0 Å². The summed E-state index contributed by atoms with van der Waals surface area (Å²) in [6, 6.07) is 8.28. The van der Waals surface area contributed by atoms with Crippen molar-refractivity contribution in [1.82, 2.24) is 5.32 Å². The third-order valence-electron chi connectivity index (χ3n) is 4.54. The number of benzene rings is 1. The molecule has 3 N–H and O–H groups in total. The van der Waals surface area contributed by atoms with Gasteiger partial charge in [-0.25, -0.2) is 0 Å². The minimum Gasteiger partial charge on any atom is -0.348 e. The van der Waals surface area contributed by atoms with Crippen molar-refractivity contribution in [3.63, 3.8) is 0 Å². The second kappa shape index (κ2) is 5.33. The van der Waals surface area contributed by atoms with Crippen molar-refractivity contribution in [2.24, 2.45) is 11.7 Å². The van der Waals surface area contributed by atoms with E-state index >= 15 is 0 Å². The molecule has 1 aromatic carbocycles. The van der Waals surface area contributed by atoms with E-state index in [0.717, 1.165) is 6.42 Å². The van der Waals surface area contributed by atoms with Crippen LogP contribution < -0.4 is 11.1 Å². The maximum Gasteiger partial charge on any atom is 0.220 e. The van der Waals surface area contributed by atoms with Gasteiger partial charge >= 0.3 is 0 Å². The highest BCUT2D eigenvalue weighted by molar-refractivity contribution is 5.77. The summed E-state index contributed by atoms with van der Waals surface area (Å²) in [5.41, 5.74) is 8.65. The fraction of sp³-hybridized carbons (Fsp3) is 0.562. The van der Waals surface area contributed by atoms with Crippen LogP contribution in [0.15, 0.2) is 24.3 Å². The SMILES string of the molecule is NC1Cc2ccccc2C1NC(=O)CC1CCCC1. The first-order chi connectivity index (χ1) is 9.24. The molecule has 1 fully saturated rings. The highest BCUT2D eigenvalue weighted by atomic mass is 16.1. The number of hydrogen-bond donors (Lipinski definition) is 2. The Bertz CT molecular complexity index is 466. The van der Waals surface area contributed by atoms with E-state index in [1.807, 2.05) is 12.1 Å². The fourth-order valence-corrected chi connectivity index (χ4v) is 3.52. The molecule has 0 aromatic heterocycles. The molecule has 0 saturated heterocycles. The molecule has 1 amide bonds. The summed E-state index contributed by atoms with van der Waals surface area (Å²) in [5, 5.41) is 3.15. The van der Waals surface area contributed by atoms with Crippen molar-refractivity contribution in [2.75, 3.05) is 0 Å². The van der Waals surface area contributed by atoms with Gasteiger partial charge in [0, 0.05) is 12.5 Å². The number of rotatable bonds is 3. The highest BCUT2D eigenvalue weighted by Gasteiger charge is 2.31. The van der Waals surface area contributed by atoms with E-state index in [2.05, 4.69) is 17.4 Å². The summed E-state index contributed by atoms with van der Waals surface area (Å²) >= 11 is 0. The number of fused-ring (bicyclic) bond motifs is 1. The Hall–Kier alpha value is -1.35. The third-order valence-corrected chi connectivity index (χ3v) is 4.54. The number of nitrogens with two attached hydrogens (primary N) is 1. The molecule has 2 aliphatic rings. The zero-order valence-corrected chi connectivity index (χ0v) is 11.3. The Balaban J connectivity index is 1.64. The summed E-state index contributed by atoms with van der Waals surface area (Å²) in [6.07, 6.45) is 6.52. The molecule has 19 heavy (non-hydrogen) atoms. The summed E-state index contributed by atoms with van der Waals surface area (Å²) in [7, 11) is 0. The van der Waals surface area contributed by atoms with Crippen LogP contribution in [0.3, 0.4) is 0 Å². The van der Waals surface area contributed by atoms with Crippen LogP contribution in [-0.4, -0.2) is 11.9 Å². The van der Waals surface area contributed by atoms with Crippen molar-refractivity contribution in [1.29, 1.82) is 0 Å². The lowest BCUT2D eigenvalue weighted by Crippen LogP contribution is -2.38. The summed E-state index contributed by atoms with van der Waals surface area (Å²) in [5.74, 6) is 0.761. The van der Waals surface area contributed by atoms with Crippen LogP contribution in [0.1, 0.15) is 49.3 Å².